The summed E-state index contributed by atoms with van der Waals surface area (Å²) in [5.74, 6) is 1.90. The van der Waals surface area contributed by atoms with Crippen molar-refractivity contribution in [1.82, 2.24) is 9.97 Å². The minimum absolute atomic E-state index is 0.00612. The molecule has 0 saturated carbocycles. The highest BCUT2D eigenvalue weighted by Crippen LogP contribution is 2.36. The predicted molar refractivity (Wildman–Crippen MR) is 87.0 cm³/mol. The van der Waals surface area contributed by atoms with E-state index in [9.17, 15) is 5.11 Å². The first kappa shape index (κ1) is 15.6. The van der Waals surface area contributed by atoms with Gasteiger partial charge in [0.15, 0.2) is 0 Å². The molecule has 2 aromatic rings. The molecular weight excluding hydrogens is 294 g/mol. The van der Waals surface area contributed by atoms with Gasteiger partial charge in [0.2, 0.25) is 11.8 Å². The number of benzene rings is 1. The van der Waals surface area contributed by atoms with Crippen molar-refractivity contribution in [2.24, 2.45) is 0 Å². The highest BCUT2D eigenvalue weighted by atomic mass is 16.5. The fourth-order valence-electron chi connectivity index (χ4n) is 2.96. The van der Waals surface area contributed by atoms with Crippen molar-refractivity contribution >= 4 is 5.95 Å². The van der Waals surface area contributed by atoms with Crippen LogP contribution in [0.5, 0.6) is 11.6 Å². The lowest BCUT2D eigenvalue weighted by Crippen LogP contribution is -2.26. The Hall–Kier alpha value is -2.34. The third-order valence-corrected chi connectivity index (χ3v) is 4.04. The van der Waals surface area contributed by atoms with Gasteiger partial charge in [-0.15, -0.1) is 0 Å². The topological polar surface area (TPSA) is 67.7 Å². The second-order valence-electron chi connectivity index (χ2n) is 5.69. The molecule has 2 atom stereocenters. The number of anilines is 1. The maximum Gasteiger partial charge on any atom is 0.229 e. The maximum atomic E-state index is 10.2. The third-order valence-electron chi connectivity index (χ3n) is 4.04. The van der Waals surface area contributed by atoms with Gasteiger partial charge < -0.3 is 19.5 Å². The molecule has 1 saturated heterocycles. The van der Waals surface area contributed by atoms with Gasteiger partial charge in [0.1, 0.15) is 5.75 Å². The number of aliphatic hydroxyl groups is 1. The first-order valence-electron chi connectivity index (χ1n) is 7.59. The van der Waals surface area contributed by atoms with Crippen LogP contribution in [0.15, 0.2) is 30.3 Å². The average molecular weight is 315 g/mol. The van der Waals surface area contributed by atoms with E-state index in [2.05, 4.69) is 9.97 Å². The van der Waals surface area contributed by atoms with Crippen molar-refractivity contribution in [1.29, 1.82) is 0 Å². The number of ether oxygens (including phenoxy) is 2. The first-order chi connectivity index (χ1) is 11.1. The molecule has 1 aromatic heterocycles. The first-order valence-corrected chi connectivity index (χ1v) is 7.59. The molecule has 1 aliphatic heterocycles. The zero-order valence-electron chi connectivity index (χ0n) is 13.6. The van der Waals surface area contributed by atoms with Crippen LogP contribution in [-0.4, -0.2) is 41.9 Å². The molecule has 1 N–H and O–H groups in total. The van der Waals surface area contributed by atoms with E-state index in [-0.39, 0.29) is 6.04 Å². The Morgan fingerprint density at radius 3 is 2.74 bits per heavy atom. The molecule has 3 rings (SSSR count). The van der Waals surface area contributed by atoms with E-state index in [1.165, 1.54) is 0 Å². The summed E-state index contributed by atoms with van der Waals surface area (Å²) in [5, 5.41) is 10.2. The van der Waals surface area contributed by atoms with Crippen molar-refractivity contribution in [3.05, 3.63) is 41.6 Å². The van der Waals surface area contributed by atoms with Gasteiger partial charge in [-0.25, -0.2) is 4.98 Å². The second kappa shape index (κ2) is 6.42. The Labute approximate surface area is 135 Å². The highest BCUT2D eigenvalue weighted by molar-refractivity contribution is 5.43. The number of aromatic nitrogens is 2. The Morgan fingerprint density at radius 1 is 1.17 bits per heavy atom. The van der Waals surface area contributed by atoms with Crippen LogP contribution < -0.4 is 14.4 Å². The fourth-order valence-corrected chi connectivity index (χ4v) is 2.96. The van der Waals surface area contributed by atoms with Gasteiger partial charge in [0, 0.05) is 18.3 Å². The lowest BCUT2D eigenvalue weighted by atomic mass is 10.0. The van der Waals surface area contributed by atoms with Crippen molar-refractivity contribution < 1.29 is 14.6 Å². The summed E-state index contributed by atoms with van der Waals surface area (Å²) in [5.41, 5.74) is 1.91. The van der Waals surface area contributed by atoms with Gasteiger partial charge in [0.05, 0.1) is 26.4 Å². The van der Waals surface area contributed by atoms with E-state index in [0.717, 1.165) is 17.0 Å². The summed E-state index contributed by atoms with van der Waals surface area (Å²) < 4.78 is 10.5. The molecule has 1 aromatic carbocycles. The molecule has 2 heterocycles. The summed E-state index contributed by atoms with van der Waals surface area (Å²) in [6, 6.07) is 9.68. The molecule has 1 aliphatic rings. The molecule has 0 radical (unpaired) electrons. The zero-order valence-corrected chi connectivity index (χ0v) is 13.6. The molecule has 0 spiro atoms. The Morgan fingerprint density at radius 2 is 2.00 bits per heavy atom. The molecular formula is C17H21N3O3. The molecule has 0 aliphatic carbocycles. The standard InChI is InChI=1S/C17H21N3O3/c1-11-7-16(23-3)19-17(18-11)20-10-13(21)9-15(20)12-5-4-6-14(8-12)22-2/h4-8,13,15,21H,9-10H2,1-3H3/t13-,15+/m0/s1. The summed E-state index contributed by atoms with van der Waals surface area (Å²) in [6.45, 7) is 2.40. The summed E-state index contributed by atoms with van der Waals surface area (Å²) in [7, 11) is 3.23. The van der Waals surface area contributed by atoms with Crippen molar-refractivity contribution in [3.8, 4) is 11.6 Å². The minimum atomic E-state index is -0.415. The molecule has 6 nitrogen and oxygen atoms in total. The Bertz CT molecular complexity index is 693. The van der Waals surface area contributed by atoms with Gasteiger partial charge in [-0.2, -0.15) is 4.98 Å². The van der Waals surface area contributed by atoms with Crippen molar-refractivity contribution in [3.63, 3.8) is 0 Å². The largest absolute Gasteiger partial charge is 0.497 e. The van der Waals surface area contributed by atoms with Crippen molar-refractivity contribution in [2.75, 3.05) is 25.7 Å². The summed E-state index contributed by atoms with van der Waals surface area (Å²) >= 11 is 0. The van der Waals surface area contributed by atoms with Gasteiger partial charge in [-0.05, 0) is 31.0 Å². The van der Waals surface area contributed by atoms with E-state index in [1.807, 2.05) is 36.1 Å². The van der Waals surface area contributed by atoms with E-state index in [0.29, 0.717) is 24.8 Å². The lowest BCUT2D eigenvalue weighted by Gasteiger charge is -2.25. The van der Waals surface area contributed by atoms with E-state index >= 15 is 0 Å². The average Bonchev–Trinajstić information content (AvgIpc) is 2.96. The summed E-state index contributed by atoms with van der Waals surface area (Å²) in [6.07, 6.45) is 0.216. The molecule has 23 heavy (non-hydrogen) atoms. The number of nitrogens with zero attached hydrogens (tertiary/aromatic N) is 3. The number of aliphatic hydroxyl groups excluding tert-OH is 1. The fraction of sp³-hybridized carbons (Fsp3) is 0.412. The molecule has 0 bridgehead atoms. The van der Waals surface area contributed by atoms with E-state index in [1.54, 1.807) is 20.3 Å². The quantitative estimate of drug-likeness (QED) is 0.932. The molecule has 6 heteroatoms. The van der Waals surface area contributed by atoms with Crippen LogP contribution >= 0.6 is 0 Å². The van der Waals surface area contributed by atoms with Gasteiger partial charge in [0.25, 0.3) is 0 Å². The smallest absolute Gasteiger partial charge is 0.229 e. The number of rotatable bonds is 4. The van der Waals surface area contributed by atoms with E-state index < -0.39 is 6.10 Å². The molecule has 122 valence electrons. The SMILES string of the molecule is COc1cccc([C@H]2C[C@H](O)CN2c2nc(C)cc(OC)n2)c1. The van der Waals surface area contributed by atoms with Crippen LogP contribution in [-0.2, 0) is 0 Å². The Kier molecular flexibility index (Phi) is 4.34. The molecule has 1 fully saturated rings. The van der Waals surface area contributed by atoms with Crippen LogP contribution in [0.25, 0.3) is 0 Å². The monoisotopic (exact) mass is 315 g/mol. The lowest BCUT2D eigenvalue weighted by molar-refractivity contribution is 0.194. The Balaban J connectivity index is 1.98. The normalized spacial score (nSPS) is 20.6. The number of methoxy groups -OCH3 is 2. The number of aryl methyl sites for hydroxylation is 1. The molecule has 0 amide bonds. The minimum Gasteiger partial charge on any atom is -0.497 e. The highest BCUT2D eigenvalue weighted by Gasteiger charge is 2.34. The van der Waals surface area contributed by atoms with Crippen LogP contribution in [0.3, 0.4) is 0 Å². The van der Waals surface area contributed by atoms with Gasteiger partial charge >= 0.3 is 0 Å². The van der Waals surface area contributed by atoms with Gasteiger partial charge in [-0.1, -0.05) is 12.1 Å². The van der Waals surface area contributed by atoms with Gasteiger partial charge in [-0.3, -0.25) is 0 Å². The maximum absolute atomic E-state index is 10.2. The van der Waals surface area contributed by atoms with Crippen LogP contribution in [0.1, 0.15) is 23.7 Å². The predicted octanol–water partition coefficient (Wildman–Crippen LogP) is 2.11. The van der Waals surface area contributed by atoms with Crippen molar-refractivity contribution in [2.45, 2.75) is 25.5 Å². The van der Waals surface area contributed by atoms with E-state index in [4.69, 9.17) is 9.47 Å². The van der Waals surface area contributed by atoms with Crippen LogP contribution in [0, 0.1) is 6.92 Å². The number of hydrogen-bond acceptors (Lipinski definition) is 6. The number of β-amino-alcohol motifs (C(OH)–C–C–N with tert-alkyl or cyclic N) is 1. The second-order valence-corrected chi connectivity index (χ2v) is 5.69. The number of hydrogen-bond donors (Lipinski definition) is 1. The summed E-state index contributed by atoms with van der Waals surface area (Å²) in [4.78, 5) is 11.0. The molecule has 0 unspecified atom stereocenters. The van der Waals surface area contributed by atoms with Crippen LogP contribution in [0.4, 0.5) is 5.95 Å². The van der Waals surface area contributed by atoms with Crippen LogP contribution in [0.2, 0.25) is 0 Å². The zero-order chi connectivity index (χ0) is 16.4. The third kappa shape index (κ3) is 3.22.